The van der Waals surface area contributed by atoms with Crippen molar-refractivity contribution >= 4 is 33.2 Å². The first kappa shape index (κ1) is 13.5. The highest BCUT2D eigenvalue weighted by molar-refractivity contribution is 7.20. The van der Waals surface area contributed by atoms with Crippen molar-refractivity contribution in [1.82, 2.24) is 10.9 Å². The van der Waals surface area contributed by atoms with E-state index >= 15 is 0 Å². The third kappa shape index (κ3) is 3.54. The highest BCUT2D eigenvalue weighted by atomic mass is 32.1. The van der Waals surface area contributed by atoms with Crippen LogP contribution in [0.2, 0.25) is 0 Å². The molecule has 1 aromatic heterocycles. The van der Waals surface area contributed by atoms with Gasteiger partial charge in [0.15, 0.2) is 0 Å². The van der Waals surface area contributed by atoms with Gasteiger partial charge >= 0.3 is 0 Å². The molecule has 0 spiro atoms. The Hall–Kier alpha value is -1.88. The highest BCUT2D eigenvalue weighted by Gasteiger charge is 2.11. The zero-order chi connectivity index (χ0) is 13.8. The molecule has 0 aliphatic carbocycles. The molecule has 0 saturated carbocycles. The van der Waals surface area contributed by atoms with Gasteiger partial charge in [-0.3, -0.25) is 20.4 Å². The molecule has 100 valence electrons. The summed E-state index contributed by atoms with van der Waals surface area (Å²) in [6.07, 6.45) is 0.396. The molecular formula is C14H16N2O2S. The van der Waals surface area contributed by atoms with E-state index in [4.69, 9.17) is 0 Å². The van der Waals surface area contributed by atoms with Gasteiger partial charge < -0.3 is 0 Å². The van der Waals surface area contributed by atoms with E-state index in [1.165, 1.54) is 11.3 Å². The van der Waals surface area contributed by atoms with Crippen LogP contribution in [0, 0.1) is 5.92 Å². The lowest BCUT2D eigenvalue weighted by Gasteiger charge is -2.07. The Labute approximate surface area is 115 Å². The lowest BCUT2D eigenvalue weighted by Crippen LogP contribution is -2.41. The van der Waals surface area contributed by atoms with E-state index in [1.54, 1.807) is 0 Å². The van der Waals surface area contributed by atoms with Gasteiger partial charge in [0.2, 0.25) is 5.91 Å². The Morgan fingerprint density at radius 1 is 1.21 bits per heavy atom. The maximum atomic E-state index is 11.9. The number of amides is 2. The van der Waals surface area contributed by atoms with Crippen molar-refractivity contribution in [2.45, 2.75) is 20.3 Å². The molecule has 0 fully saturated rings. The Morgan fingerprint density at radius 3 is 2.63 bits per heavy atom. The molecule has 2 aromatic rings. The SMILES string of the molecule is CC(C)CC(=O)NNC(=O)c1cc2ccccc2s1. The largest absolute Gasteiger partial charge is 0.279 e. The van der Waals surface area contributed by atoms with Gasteiger partial charge in [0.05, 0.1) is 4.88 Å². The molecule has 0 saturated heterocycles. The zero-order valence-corrected chi connectivity index (χ0v) is 11.7. The Morgan fingerprint density at radius 2 is 1.95 bits per heavy atom. The maximum absolute atomic E-state index is 11.9. The maximum Gasteiger partial charge on any atom is 0.279 e. The number of carbonyl (C=O) groups excluding carboxylic acids is 2. The number of thiophene rings is 1. The third-order valence-electron chi connectivity index (χ3n) is 2.56. The summed E-state index contributed by atoms with van der Waals surface area (Å²) in [7, 11) is 0. The average Bonchev–Trinajstić information content (AvgIpc) is 2.78. The molecule has 2 N–H and O–H groups in total. The van der Waals surface area contributed by atoms with Gasteiger partial charge in [-0.2, -0.15) is 0 Å². The minimum atomic E-state index is -0.279. The fraction of sp³-hybridized carbons (Fsp3) is 0.286. The molecular weight excluding hydrogens is 260 g/mol. The van der Waals surface area contributed by atoms with Crippen molar-refractivity contribution in [3.63, 3.8) is 0 Å². The Balaban J connectivity index is 1.98. The number of rotatable bonds is 3. The number of carbonyl (C=O) groups is 2. The van der Waals surface area contributed by atoms with Gasteiger partial charge in [-0.1, -0.05) is 32.0 Å². The number of hydrogen-bond donors (Lipinski definition) is 2. The molecule has 0 aliphatic heterocycles. The minimum Gasteiger partial charge on any atom is -0.273 e. The standard InChI is InChI=1S/C14H16N2O2S/c1-9(2)7-13(17)15-16-14(18)12-8-10-5-3-4-6-11(10)19-12/h3-6,8-9H,7H2,1-2H3,(H,15,17)(H,16,18). The highest BCUT2D eigenvalue weighted by Crippen LogP contribution is 2.24. The van der Waals surface area contributed by atoms with Gasteiger partial charge in [0.1, 0.15) is 0 Å². The Kier molecular flexibility index (Phi) is 4.16. The van der Waals surface area contributed by atoms with Crippen molar-refractivity contribution in [3.8, 4) is 0 Å². The van der Waals surface area contributed by atoms with Crippen LogP contribution in [0.5, 0.6) is 0 Å². The predicted molar refractivity (Wildman–Crippen MR) is 76.9 cm³/mol. The molecule has 0 bridgehead atoms. The zero-order valence-electron chi connectivity index (χ0n) is 10.9. The fourth-order valence-corrected chi connectivity index (χ4v) is 2.66. The number of fused-ring (bicyclic) bond motifs is 1. The molecule has 0 radical (unpaired) electrons. The van der Waals surface area contributed by atoms with E-state index in [2.05, 4.69) is 10.9 Å². The second kappa shape index (κ2) is 5.84. The van der Waals surface area contributed by atoms with Crippen molar-refractivity contribution in [2.75, 3.05) is 0 Å². The number of benzene rings is 1. The van der Waals surface area contributed by atoms with Crippen molar-refractivity contribution in [2.24, 2.45) is 5.92 Å². The monoisotopic (exact) mass is 276 g/mol. The predicted octanol–water partition coefficient (Wildman–Crippen LogP) is 2.71. The van der Waals surface area contributed by atoms with Crippen LogP contribution in [0.3, 0.4) is 0 Å². The third-order valence-corrected chi connectivity index (χ3v) is 3.67. The van der Waals surface area contributed by atoms with E-state index in [-0.39, 0.29) is 17.7 Å². The first-order valence-corrected chi connectivity index (χ1v) is 6.95. The van der Waals surface area contributed by atoms with E-state index in [0.29, 0.717) is 11.3 Å². The molecule has 1 aromatic carbocycles. The van der Waals surface area contributed by atoms with Crippen molar-refractivity contribution in [3.05, 3.63) is 35.2 Å². The molecule has 0 unspecified atom stereocenters. The summed E-state index contributed by atoms with van der Waals surface area (Å²) in [5.74, 6) is -0.191. The average molecular weight is 276 g/mol. The van der Waals surface area contributed by atoms with Crippen LogP contribution in [0.25, 0.3) is 10.1 Å². The number of hydrazine groups is 1. The van der Waals surface area contributed by atoms with Crippen molar-refractivity contribution < 1.29 is 9.59 Å². The van der Waals surface area contributed by atoms with Crippen molar-refractivity contribution in [1.29, 1.82) is 0 Å². The molecule has 2 amide bonds. The number of hydrogen-bond acceptors (Lipinski definition) is 3. The van der Waals surface area contributed by atoms with Crippen LogP contribution < -0.4 is 10.9 Å². The Bertz CT molecular complexity index is 571. The number of nitrogens with one attached hydrogen (secondary N) is 2. The lowest BCUT2D eigenvalue weighted by atomic mass is 10.1. The van der Waals surface area contributed by atoms with E-state index in [0.717, 1.165) is 10.1 Å². The second-order valence-corrected chi connectivity index (χ2v) is 5.83. The lowest BCUT2D eigenvalue weighted by molar-refractivity contribution is -0.122. The molecule has 0 atom stereocenters. The molecule has 5 heteroatoms. The summed E-state index contributed by atoms with van der Waals surface area (Å²) >= 11 is 1.41. The first-order valence-electron chi connectivity index (χ1n) is 6.14. The van der Waals surface area contributed by atoms with Crippen LogP contribution in [-0.4, -0.2) is 11.8 Å². The van der Waals surface area contributed by atoms with Crippen LogP contribution >= 0.6 is 11.3 Å². The topological polar surface area (TPSA) is 58.2 Å². The summed E-state index contributed by atoms with van der Waals surface area (Å²) < 4.78 is 1.06. The second-order valence-electron chi connectivity index (χ2n) is 4.75. The van der Waals surface area contributed by atoms with Crippen LogP contribution in [0.15, 0.2) is 30.3 Å². The quantitative estimate of drug-likeness (QED) is 0.847. The van der Waals surface area contributed by atoms with Gasteiger partial charge in [-0.05, 0) is 23.4 Å². The van der Waals surface area contributed by atoms with Crippen LogP contribution in [0.1, 0.15) is 29.9 Å². The van der Waals surface area contributed by atoms with E-state index in [9.17, 15) is 9.59 Å². The molecule has 19 heavy (non-hydrogen) atoms. The minimum absolute atomic E-state index is 0.176. The summed E-state index contributed by atoms with van der Waals surface area (Å²) in [6, 6.07) is 9.62. The first-order chi connectivity index (χ1) is 9.06. The summed E-state index contributed by atoms with van der Waals surface area (Å²) in [6.45, 7) is 3.90. The fourth-order valence-electron chi connectivity index (χ4n) is 1.70. The van der Waals surface area contributed by atoms with E-state index in [1.807, 2.05) is 44.2 Å². The van der Waals surface area contributed by atoms with Gasteiger partial charge in [-0.15, -0.1) is 11.3 Å². The molecule has 0 aliphatic rings. The van der Waals surface area contributed by atoms with Crippen LogP contribution in [0.4, 0.5) is 0 Å². The van der Waals surface area contributed by atoms with Gasteiger partial charge in [-0.25, -0.2) is 0 Å². The summed E-state index contributed by atoms with van der Waals surface area (Å²) in [5.41, 5.74) is 4.86. The van der Waals surface area contributed by atoms with E-state index < -0.39 is 0 Å². The van der Waals surface area contributed by atoms with Gasteiger partial charge in [0, 0.05) is 11.1 Å². The molecule has 2 rings (SSSR count). The summed E-state index contributed by atoms with van der Waals surface area (Å²) in [4.78, 5) is 23.9. The smallest absolute Gasteiger partial charge is 0.273 e. The summed E-state index contributed by atoms with van der Waals surface area (Å²) in [5, 5.41) is 1.03. The van der Waals surface area contributed by atoms with Gasteiger partial charge in [0.25, 0.3) is 5.91 Å². The van der Waals surface area contributed by atoms with Crippen LogP contribution in [-0.2, 0) is 4.79 Å². The molecule has 4 nitrogen and oxygen atoms in total. The molecule has 1 heterocycles. The normalized spacial score (nSPS) is 10.7.